The van der Waals surface area contributed by atoms with E-state index in [9.17, 15) is 14.4 Å². The lowest BCUT2D eigenvalue weighted by Gasteiger charge is -2.29. The molecule has 13 heteroatoms. The average molecular weight is 697 g/mol. The molecular formula is C27H42ClIN4O7. The van der Waals surface area contributed by atoms with Crippen molar-refractivity contribution in [3.63, 3.8) is 0 Å². The topological polar surface area (TPSA) is 129 Å². The summed E-state index contributed by atoms with van der Waals surface area (Å²) in [4.78, 5) is 48.1. The molecule has 0 spiro atoms. The van der Waals surface area contributed by atoms with Crippen molar-refractivity contribution >= 4 is 64.3 Å². The van der Waals surface area contributed by atoms with Gasteiger partial charge in [0.2, 0.25) is 5.95 Å². The highest BCUT2D eigenvalue weighted by Crippen LogP contribution is 2.39. The summed E-state index contributed by atoms with van der Waals surface area (Å²) in [7, 11) is 0. The average Bonchev–Trinajstić information content (AvgIpc) is 3.02. The Morgan fingerprint density at radius 1 is 0.950 bits per heavy atom. The number of aromatic nitrogens is 2. The molecule has 1 aliphatic carbocycles. The van der Waals surface area contributed by atoms with Gasteiger partial charge in [-0.3, -0.25) is 0 Å². The van der Waals surface area contributed by atoms with Crippen LogP contribution in [0.3, 0.4) is 0 Å². The van der Waals surface area contributed by atoms with Gasteiger partial charge in [0.25, 0.3) is 0 Å². The van der Waals surface area contributed by atoms with Crippen molar-refractivity contribution in [2.45, 2.75) is 118 Å². The zero-order valence-corrected chi connectivity index (χ0v) is 28.1. The molecule has 1 aliphatic rings. The maximum atomic E-state index is 13.1. The number of nitrogens with zero attached hydrogens (tertiary/aromatic N) is 3. The van der Waals surface area contributed by atoms with E-state index >= 15 is 0 Å². The Kier molecular flexibility index (Phi) is 10.9. The first-order chi connectivity index (χ1) is 18.1. The Morgan fingerprint density at radius 2 is 1.45 bits per heavy atom. The highest BCUT2D eigenvalue weighted by Gasteiger charge is 2.44. The molecule has 1 aromatic heterocycles. The maximum Gasteiger partial charge on any atom is 0.509 e. The molecule has 0 saturated heterocycles. The summed E-state index contributed by atoms with van der Waals surface area (Å²) in [6.07, 6.45) is -1.76. The molecule has 2 rings (SSSR count). The molecule has 40 heavy (non-hydrogen) atoms. The number of carbonyl (C=O) groups excluding carboxylic acids is 3. The minimum Gasteiger partial charge on any atom is -0.443 e. The van der Waals surface area contributed by atoms with Gasteiger partial charge in [0, 0.05) is 0 Å². The van der Waals surface area contributed by atoms with Crippen LogP contribution in [0.1, 0.15) is 89.0 Å². The van der Waals surface area contributed by atoms with Crippen LogP contribution in [0, 0.1) is 15.4 Å². The fourth-order valence-electron chi connectivity index (χ4n) is 4.20. The monoisotopic (exact) mass is 696 g/mol. The van der Waals surface area contributed by atoms with Gasteiger partial charge in [0.1, 0.15) is 33.9 Å². The van der Waals surface area contributed by atoms with E-state index in [4.69, 9.17) is 30.5 Å². The van der Waals surface area contributed by atoms with Crippen LogP contribution in [0.25, 0.3) is 0 Å². The van der Waals surface area contributed by atoms with E-state index in [-0.39, 0.29) is 34.8 Å². The van der Waals surface area contributed by atoms with E-state index in [0.717, 1.165) is 6.42 Å². The first kappa shape index (κ1) is 34.1. The molecule has 1 heterocycles. The number of amides is 2. The van der Waals surface area contributed by atoms with Crippen LogP contribution in [-0.4, -0.2) is 57.3 Å². The Hall–Kier alpha value is -2.09. The van der Waals surface area contributed by atoms with Crippen molar-refractivity contribution in [3.05, 3.63) is 8.72 Å². The van der Waals surface area contributed by atoms with Crippen molar-refractivity contribution in [2.75, 3.05) is 10.2 Å². The van der Waals surface area contributed by atoms with Crippen molar-refractivity contribution < 1.29 is 33.3 Å². The second kappa shape index (κ2) is 12.8. The van der Waals surface area contributed by atoms with Crippen molar-refractivity contribution in [3.8, 4) is 0 Å². The van der Waals surface area contributed by atoms with Crippen LogP contribution in [0.4, 0.5) is 26.1 Å². The Bertz CT molecular complexity index is 1070. The third kappa shape index (κ3) is 9.78. The summed E-state index contributed by atoms with van der Waals surface area (Å²) < 4.78 is 22.5. The maximum absolute atomic E-state index is 13.1. The molecule has 11 nitrogen and oxygen atoms in total. The molecule has 1 aromatic rings. The van der Waals surface area contributed by atoms with Crippen molar-refractivity contribution in [2.24, 2.45) is 11.8 Å². The van der Waals surface area contributed by atoms with Gasteiger partial charge in [-0.05, 0) is 103 Å². The summed E-state index contributed by atoms with van der Waals surface area (Å²) >= 11 is 8.45. The van der Waals surface area contributed by atoms with E-state index in [1.54, 1.807) is 62.3 Å². The van der Waals surface area contributed by atoms with Gasteiger partial charge in [-0.2, -0.15) is 9.97 Å². The van der Waals surface area contributed by atoms with Crippen LogP contribution in [0.2, 0.25) is 5.15 Å². The second-order valence-corrected chi connectivity index (χ2v) is 14.3. The summed E-state index contributed by atoms with van der Waals surface area (Å²) in [6, 6.07) is -0.351. The molecule has 4 atom stereocenters. The third-order valence-electron chi connectivity index (χ3n) is 5.83. The lowest BCUT2D eigenvalue weighted by molar-refractivity contribution is -0.0366. The molecule has 1 saturated carbocycles. The number of ether oxygens (including phenoxy) is 4. The Balaban J connectivity index is 2.49. The van der Waals surface area contributed by atoms with E-state index in [0.29, 0.717) is 14.9 Å². The van der Waals surface area contributed by atoms with Crippen molar-refractivity contribution in [1.82, 2.24) is 9.97 Å². The van der Waals surface area contributed by atoms with Gasteiger partial charge in [0.05, 0.1) is 9.61 Å². The van der Waals surface area contributed by atoms with Crippen LogP contribution < -0.4 is 10.2 Å². The molecule has 0 aromatic carbocycles. The standard InChI is InChI=1S/C27H42ClIN4O7/c1-12-15-13-16(18(14(15)2)37-24(36)40-27(9,10)11)30-20-17(29)19(28)31-21(32-20)33(22(34)38-25(3,4)5)23(35)39-26(6,7)8/h14-16,18H,12-13H2,1-11H3,(H,30,31,32)/t14-,15+,16-,18?/m1/s1. The van der Waals surface area contributed by atoms with Gasteiger partial charge in [-0.25, -0.2) is 14.4 Å². The van der Waals surface area contributed by atoms with Crippen LogP contribution >= 0.6 is 34.2 Å². The largest absolute Gasteiger partial charge is 0.509 e. The minimum atomic E-state index is -1.02. The molecule has 1 N–H and O–H groups in total. The van der Waals surface area contributed by atoms with Crippen LogP contribution in [-0.2, 0) is 18.9 Å². The molecule has 1 fully saturated rings. The van der Waals surface area contributed by atoms with Crippen LogP contribution in [0.15, 0.2) is 0 Å². The number of nitrogens with one attached hydrogen (secondary N) is 1. The van der Waals surface area contributed by atoms with E-state index < -0.39 is 41.2 Å². The predicted molar refractivity (Wildman–Crippen MR) is 161 cm³/mol. The summed E-state index contributed by atoms with van der Waals surface area (Å²) in [5, 5.41) is 3.33. The van der Waals surface area contributed by atoms with E-state index in [1.807, 2.05) is 29.5 Å². The smallest absolute Gasteiger partial charge is 0.443 e. The van der Waals surface area contributed by atoms with E-state index in [2.05, 4.69) is 22.2 Å². The van der Waals surface area contributed by atoms with Gasteiger partial charge in [0.15, 0.2) is 0 Å². The molecule has 0 bridgehead atoms. The quantitative estimate of drug-likeness (QED) is 0.142. The normalized spacial score (nSPS) is 21.4. The van der Waals surface area contributed by atoms with Crippen molar-refractivity contribution in [1.29, 1.82) is 0 Å². The van der Waals surface area contributed by atoms with Gasteiger partial charge < -0.3 is 24.3 Å². The highest BCUT2D eigenvalue weighted by molar-refractivity contribution is 14.1. The number of rotatable bonds is 5. The minimum absolute atomic E-state index is 0.00733. The molecule has 1 unspecified atom stereocenters. The Morgan fingerprint density at radius 3 is 1.90 bits per heavy atom. The molecule has 0 radical (unpaired) electrons. The number of imide groups is 1. The lowest BCUT2D eigenvalue weighted by atomic mass is 9.95. The molecule has 2 amide bonds. The fourth-order valence-corrected chi connectivity index (χ4v) is 4.76. The number of anilines is 2. The first-order valence-corrected chi connectivity index (χ1v) is 14.7. The van der Waals surface area contributed by atoms with E-state index in [1.165, 1.54) is 0 Å². The Labute approximate surface area is 255 Å². The number of hydrogen-bond donors (Lipinski definition) is 1. The summed E-state index contributed by atoms with van der Waals surface area (Å²) in [6.45, 7) is 19.4. The first-order valence-electron chi connectivity index (χ1n) is 13.3. The summed E-state index contributed by atoms with van der Waals surface area (Å²) in [5.41, 5.74) is -2.52. The SMILES string of the molecule is CC[C@H]1C[C@@H](Nc2nc(N(C(=O)OC(C)(C)C)C(=O)OC(C)(C)C)nc(Cl)c2I)C(OC(=O)OC(C)(C)C)[C@@H]1C. The predicted octanol–water partition coefficient (Wildman–Crippen LogP) is 7.58. The highest BCUT2D eigenvalue weighted by atomic mass is 127. The molecular weight excluding hydrogens is 655 g/mol. The van der Waals surface area contributed by atoms with Gasteiger partial charge in [-0.1, -0.05) is 31.9 Å². The van der Waals surface area contributed by atoms with Crippen LogP contribution in [0.5, 0.6) is 0 Å². The second-order valence-electron chi connectivity index (χ2n) is 12.8. The zero-order valence-electron chi connectivity index (χ0n) is 25.2. The summed E-state index contributed by atoms with van der Waals surface area (Å²) in [5.74, 6) is 0.238. The number of carbonyl (C=O) groups is 3. The number of hydrogen-bond acceptors (Lipinski definition) is 10. The van der Waals surface area contributed by atoms with Gasteiger partial charge >= 0.3 is 18.3 Å². The number of halogens is 2. The zero-order chi connectivity index (χ0) is 30.8. The van der Waals surface area contributed by atoms with Gasteiger partial charge in [-0.15, -0.1) is 4.90 Å². The molecule has 0 aliphatic heterocycles. The lowest BCUT2D eigenvalue weighted by Crippen LogP contribution is -2.45. The fraction of sp³-hybridized carbons (Fsp3) is 0.741. The third-order valence-corrected chi connectivity index (χ3v) is 7.45. The molecule has 226 valence electrons.